The van der Waals surface area contributed by atoms with Crippen LogP contribution in [-0.2, 0) is 14.8 Å². The van der Waals surface area contributed by atoms with Crippen LogP contribution < -0.4 is 5.14 Å². The quantitative estimate of drug-likeness (QED) is 0.819. The molecule has 3 aliphatic rings. The highest BCUT2D eigenvalue weighted by molar-refractivity contribution is 7.89. The maximum Gasteiger partial charge on any atom is 0.253 e. The molecule has 2 atom stereocenters. The van der Waals surface area contributed by atoms with E-state index in [1.54, 1.807) is 7.11 Å². The van der Waals surface area contributed by atoms with Crippen LogP contribution >= 0.6 is 0 Å². The molecule has 1 amide bonds. The van der Waals surface area contributed by atoms with Gasteiger partial charge in [-0.1, -0.05) is 0 Å². The number of piperidine rings is 1. The molecule has 0 aliphatic carbocycles. The minimum absolute atomic E-state index is 0.0192. The van der Waals surface area contributed by atoms with Gasteiger partial charge in [0.05, 0.1) is 11.5 Å². The molecule has 3 heterocycles. The lowest BCUT2D eigenvalue weighted by molar-refractivity contribution is 0.0717. The summed E-state index contributed by atoms with van der Waals surface area (Å²) in [5.74, 6) is 0.426. The van der Waals surface area contributed by atoms with Gasteiger partial charge in [-0.2, -0.15) is 0 Å². The number of primary sulfonamides is 1. The molecule has 2 bridgehead atoms. The van der Waals surface area contributed by atoms with Crippen LogP contribution in [0.3, 0.4) is 0 Å². The lowest BCUT2D eigenvalue weighted by atomic mass is 9.95. The third kappa shape index (κ3) is 4.20. The van der Waals surface area contributed by atoms with E-state index in [2.05, 4.69) is 4.90 Å². The number of amides is 1. The number of fused-ring (bicyclic) bond motifs is 4. The van der Waals surface area contributed by atoms with Crippen LogP contribution in [0.5, 0.6) is 0 Å². The van der Waals surface area contributed by atoms with Crippen LogP contribution in [0.4, 0.5) is 0 Å². The number of sulfonamides is 1. The zero-order valence-electron chi connectivity index (χ0n) is 14.4. The lowest BCUT2D eigenvalue weighted by Crippen LogP contribution is -2.45. The van der Waals surface area contributed by atoms with E-state index in [0.29, 0.717) is 30.7 Å². The van der Waals surface area contributed by atoms with E-state index >= 15 is 0 Å². The lowest BCUT2D eigenvalue weighted by Gasteiger charge is -2.35. The minimum atomic E-state index is -3.74. The average molecular weight is 367 g/mol. The van der Waals surface area contributed by atoms with E-state index in [-0.39, 0.29) is 10.8 Å². The number of carbonyl (C=O) groups excluding carboxylic acids is 1. The van der Waals surface area contributed by atoms with Gasteiger partial charge in [0.25, 0.3) is 5.91 Å². The van der Waals surface area contributed by atoms with Gasteiger partial charge in [-0.15, -0.1) is 0 Å². The Labute approximate surface area is 148 Å². The van der Waals surface area contributed by atoms with Gasteiger partial charge in [-0.25, -0.2) is 13.6 Å². The highest BCUT2D eigenvalue weighted by atomic mass is 32.2. The number of hydrogen-bond donors (Lipinski definition) is 1. The van der Waals surface area contributed by atoms with Crippen molar-refractivity contribution in [2.24, 2.45) is 11.1 Å². The predicted octanol–water partition coefficient (Wildman–Crippen LogP) is 0.517. The zero-order chi connectivity index (χ0) is 18.0. The fraction of sp³-hybridized carbons (Fsp3) is 0.588. The van der Waals surface area contributed by atoms with E-state index in [0.717, 1.165) is 32.5 Å². The van der Waals surface area contributed by atoms with Gasteiger partial charge in [-0.3, -0.25) is 9.69 Å². The van der Waals surface area contributed by atoms with Crippen molar-refractivity contribution in [1.29, 1.82) is 0 Å². The van der Waals surface area contributed by atoms with E-state index in [4.69, 9.17) is 9.88 Å². The second kappa shape index (κ2) is 7.41. The summed E-state index contributed by atoms with van der Waals surface area (Å²) < 4.78 is 27.9. The first-order chi connectivity index (χ1) is 11.9. The molecule has 7 nitrogen and oxygen atoms in total. The van der Waals surface area contributed by atoms with E-state index in [1.165, 1.54) is 24.3 Å². The Balaban J connectivity index is 1.72. The maximum atomic E-state index is 12.9. The topological polar surface area (TPSA) is 92.9 Å². The first-order valence-corrected chi connectivity index (χ1v) is 10.1. The number of rotatable bonds is 5. The van der Waals surface area contributed by atoms with Crippen LogP contribution in [0.25, 0.3) is 0 Å². The summed E-state index contributed by atoms with van der Waals surface area (Å²) >= 11 is 0. The van der Waals surface area contributed by atoms with Crippen LogP contribution in [-0.4, -0.2) is 70.1 Å². The summed E-state index contributed by atoms with van der Waals surface area (Å²) in [5.41, 5.74) is 0.497. The number of hydrogen-bond acceptors (Lipinski definition) is 5. The number of benzene rings is 1. The smallest absolute Gasteiger partial charge is 0.253 e. The second-order valence-electron chi connectivity index (χ2n) is 6.86. The van der Waals surface area contributed by atoms with Crippen molar-refractivity contribution in [3.8, 4) is 0 Å². The van der Waals surface area contributed by atoms with Gasteiger partial charge in [0.1, 0.15) is 0 Å². The average Bonchev–Trinajstić information content (AvgIpc) is 2.90. The van der Waals surface area contributed by atoms with Gasteiger partial charge < -0.3 is 9.64 Å². The molecular weight excluding hydrogens is 342 g/mol. The summed E-state index contributed by atoms with van der Waals surface area (Å²) in [6.45, 7) is 4.04. The Hall–Kier alpha value is -1.48. The van der Waals surface area contributed by atoms with Crippen molar-refractivity contribution in [3.63, 3.8) is 0 Å². The molecule has 8 heteroatoms. The summed E-state index contributed by atoms with van der Waals surface area (Å²) in [7, 11) is -2.04. The summed E-state index contributed by atoms with van der Waals surface area (Å²) in [6.07, 6.45) is 2.24. The molecular formula is C17H25N3O4S. The number of ether oxygens (including phenoxy) is 1. The molecule has 0 radical (unpaired) electrons. The minimum Gasteiger partial charge on any atom is -0.383 e. The van der Waals surface area contributed by atoms with Gasteiger partial charge in [0, 0.05) is 44.9 Å². The number of nitrogens with zero attached hydrogens (tertiary/aromatic N) is 2. The van der Waals surface area contributed by atoms with Crippen LogP contribution in [0, 0.1) is 5.92 Å². The number of methoxy groups -OCH3 is 1. The summed E-state index contributed by atoms with van der Waals surface area (Å²) in [5, 5.41) is 5.11. The molecule has 3 aliphatic heterocycles. The predicted molar refractivity (Wildman–Crippen MR) is 93.7 cm³/mol. The van der Waals surface area contributed by atoms with Gasteiger partial charge in [0.2, 0.25) is 10.0 Å². The SMILES string of the molecule is COCCN1C[C@@H]2CC[C@H]1CN(C(=O)c1ccc(S(N)(=O)=O)cc1)C2. The molecule has 3 fully saturated rings. The van der Waals surface area contributed by atoms with Crippen LogP contribution in [0.15, 0.2) is 29.2 Å². The first kappa shape index (κ1) is 18.3. The molecule has 0 saturated carbocycles. The van der Waals surface area contributed by atoms with Crippen molar-refractivity contribution < 1.29 is 17.9 Å². The van der Waals surface area contributed by atoms with Crippen molar-refractivity contribution in [2.45, 2.75) is 23.8 Å². The van der Waals surface area contributed by atoms with E-state index < -0.39 is 10.0 Å². The fourth-order valence-corrected chi connectivity index (χ4v) is 4.31. The molecule has 4 rings (SSSR count). The Morgan fingerprint density at radius 1 is 1.20 bits per heavy atom. The van der Waals surface area contributed by atoms with E-state index in [1.807, 2.05) is 4.90 Å². The third-order valence-electron chi connectivity index (χ3n) is 5.13. The molecule has 1 aromatic rings. The molecule has 138 valence electrons. The molecule has 1 aromatic carbocycles. The Morgan fingerprint density at radius 3 is 2.56 bits per heavy atom. The molecule has 25 heavy (non-hydrogen) atoms. The third-order valence-corrected chi connectivity index (χ3v) is 6.06. The van der Waals surface area contributed by atoms with Crippen molar-refractivity contribution in [1.82, 2.24) is 9.80 Å². The largest absolute Gasteiger partial charge is 0.383 e. The Morgan fingerprint density at radius 2 is 1.92 bits per heavy atom. The second-order valence-corrected chi connectivity index (χ2v) is 8.43. The van der Waals surface area contributed by atoms with Gasteiger partial charge >= 0.3 is 0 Å². The normalized spacial score (nSPS) is 24.3. The standard InChI is InChI=1S/C17H25N3O4S/c1-24-9-8-19-10-13-2-5-15(19)12-20(11-13)17(21)14-3-6-16(7-4-14)25(18,22)23/h3-4,6-7,13,15H,2,5,8-12H2,1H3,(H2,18,22,23)/t13-,15-/m0/s1. The molecule has 2 N–H and O–H groups in total. The molecule has 0 aromatic heterocycles. The first-order valence-electron chi connectivity index (χ1n) is 8.53. The zero-order valence-corrected chi connectivity index (χ0v) is 15.2. The Bertz CT molecular complexity index is 720. The molecule has 3 saturated heterocycles. The Kier molecular flexibility index (Phi) is 5.43. The van der Waals surface area contributed by atoms with Gasteiger partial charge in [0.15, 0.2) is 0 Å². The van der Waals surface area contributed by atoms with Crippen LogP contribution in [0.1, 0.15) is 23.2 Å². The number of nitrogens with two attached hydrogens (primary N) is 1. The fourth-order valence-electron chi connectivity index (χ4n) is 3.80. The highest BCUT2D eigenvalue weighted by Crippen LogP contribution is 2.28. The summed E-state index contributed by atoms with van der Waals surface area (Å²) in [4.78, 5) is 17.2. The van der Waals surface area contributed by atoms with Crippen molar-refractivity contribution >= 4 is 15.9 Å². The number of carbonyl (C=O) groups is 1. The monoisotopic (exact) mass is 367 g/mol. The van der Waals surface area contributed by atoms with Gasteiger partial charge in [-0.05, 0) is 43.0 Å². The van der Waals surface area contributed by atoms with Crippen molar-refractivity contribution in [3.05, 3.63) is 29.8 Å². The summed E-state index contributed by atoms with van der Waals surface area (Å²) in [6, 6.07) is 6.22. The van der Waals surface area contributed by atoms with E-state index in [9.17, 15) is 13.2 Å². The maximum absolute atomic E-state index is 12.9. The van der Waals surface area contributed by atoms with Crippen LogP contribution in [0.2, 0.25) is 0 Å². The highest BCUT2D eigenvalue weighted by Gasteiger charge is 2.36. The molecule has 0 spiro atoms. The molecule has 0 unspecified atom stereocenters. The van der Waals surface area contributed by atoms with Crippen molar-refractivity contribution in [2.75, 3.05) is 39.9 Å².